The van der Waals surface area contributed by atoms with Crippen molar-refractivity contribution >= 4 is 43.1 Å². The van der Waals surface area contributed by atoms with E-state index in [0.717, 1.165) is 42.0 Å². The van der Waals surface area contributed by atoms with Crippen LogP contribution in [-0.4, -0.2) is 54.9 Å². The number of hydrogen-bond donors (Lipinski definition) is 1. The van der Waals surface area contributed by atoms with Crippen LogP contribution in [0.1, 0.15) is 29.7 Å². The topological polar surface area (TPSA) is 92.3 Å². The van der Waals surface area contributed by atoms with Crippen molar-refractivity contribution < 1.29 is 13.2 Å². The summed E-state index contributed by atoms with van der Waals surface area (Å²) in [4.78, 5) is 26.0. The number of aromatic nitrogens is 2. The van der Waals surface area contributed by atoms with E-state index in [1.165, 1.54) is 10.4 Å². The average molecular weight is 409 g/mol. The molecule has 1 N–H and O–H groups in total. The highest BCUT2D eigenvalue weighted by atomic mass is 32.2. The van der Waals surface area contributed by atoms with E-state index in [1.807, 2.05) is 0 Å². The molecule has 2 aliphatic heterocycles. The van der Waals surface area contributed by atoms with Gasteiger partial charge < -0.3 is 10.2 Å². The minimum Gasteiger partial charge on any atom is -0.356 e. The number of anilines is 1. The molecule has 2 aliphatic rings. The predicted molar refractivity (Wildman–Crippen MR) is 107 cm³/mol. The van der Waals surface area contributed by atoms with Crippen LogP contribution in [0.15, 0.2) is 6.33 Å². The maximum Gasteiger partial charge on any atom is 0.223 e. The average Bonchev–Trinajstić information content (AvgIpc) is 3.13. The molecule has 0 saturated carbocycles. The Labute approximate surface area is 163 Å². The van der Waals surface area contributed by atoms with Crippen LogP contribution >= 0.6 is 11.3 Å². The Bertz CT molecular complexity index is 978. The van der Waals surface area contributed by atoms with Crippen molar-refractivity contribution in [1.82, 2.24) is 15.3 Å². The number of nitrogens with zero attached hydrogens (tertiary/aromatic N) is 3. The molecule has 1 amide bonds. The molecular weight excluding hydrogens is 384 g/mol. The van der Waals surface area contributed by atoms with Crippen molar-refractivity contribution in [2.24, 2.45) is 5.92 Å². The molecule has 146 valence electrons. The number of hydrogen-bond acceptors (Lipinski definition) is 7. The van der Waals surface area contributed by atoms with Gasteiger partial charge in [0, 0.05) is 29.9 Å². The summed E-state index contributed by atoms with van der Waals surface area (Å²) in [6.45, 7) is 5.74. The van der Waals surface area contributed by atoms with Gasteiger partial charge in [-0.25, -0.2) is 18.4 Å². The standard InChI is InChI=1S/C18H24N4O3S2/c1-11-12(2)26-18-15(11)16(19-10-20-18)22-6-3-13(4-7-22)17(23)21-14-5-8-27(24,25)9-14/h10,13-14H,3-9H2,1-2H3,(H,21,23). The third-order valence-corrected chi connectivity index (χ3v) is 8.57. The molecule has 0 radical (unpaired) electrons. The summed E-state index contributed by atoms with van der Waals surface area (Å²) < 4.78 is 23.1. The van der Waals surface area contributed by atoms with Gasteiger partial charge in [0.15, 0.2) is 9.84 Å². The second kappa shape index (κ2) is 7.01. The van der Waals surface area contributed by atoms with Crippen LogP contribution in [-0.2, 0) is 14.6 Å². The van der Waals surface area contributed by atoms with E-state index in [1.54, 1.807) is 17.7 Å². The van der Waals surface area contributed by atoms with Crippen LogP contribution in [0, 0.1) is 19.8 Å². The van der Waals surface area contributed by atoms with Gasteiger partial charge >= 0.3 is 0 Å². The Morgan fingerprint density at radius 3 is 2.63 bits per heavy atom. The van der Waals surface area contributed by atoms with Crippen LogP contribution in [0.4, 0.5) is 5.82 Å². The lowest BCUT2D eigenvalue weighted by Crippen LogP contribution is -2.44. The van der Waals surface area contributed by atoms with E-state index >= 15 is 0 Å². The SMILES string of the molecule is Cc1sc2ncnc(N3CCC(C(=O)NC4CCS(=O)(=O)C4)CC3)c2c1C. The Morgan fingerprint density at radius 2 is 1.96 bits per heavy atom. The van der Waals surface area contributed by atoms with E-state index in [0.29, 0.717) is 6.42 Å². The van der Waals surface area contributed by atoms with Crippen LogP contribution < -0.4 is 10.2 Å². The first-order chi connectivity index (χ1) is 12.8. The molecule has 2 aromatic heterocycles. The van der Waals surface area contributed by atoms with E-state index in [-0.39, 0.29) is 29.4 Å². The Morgan fingerprint density at radius 1 is 1.22 bits per heavy atom. The normalized spacial score (nSPS) is 23.0. The minimum atomic E-state index is -2.98. The van der Waals surface area contributed by atoms with Crippen molar-refractivity contribution in [3.8, 4) is 0 Å². The molecule has 27 heavy (non-hydrogen) atoms. The number of piperidine rings is 1. The third kappa shape index (κ3) is 3.67. The summed E-state index contributed by atoms with van der Waals surface area (Å²) in [5, 5.41) is 4.06. The molecule has 1 unspecified atom stereocenters. The molecule has 0 spiro atoms. The molecule has 2 fully saturated rings. The van der Waals surface area contributed by atoms with Gasteiger partial charge in [-0.05, 0) is 38.7 Å². The molecule has 2 saturated heterocycles. The molecule has 0 aliphatic carbocycles. The lowest BCUT2D eigenvalue weighted by molar-refractivity contribution is -0.126. The zero-order valence-electron chi connectivity index (χ0n) is 15.6. The number of carbonyl (C=O) groups is 1. The highest BCUT2D eigenvalue weighted by Crippen LogP contribution is 2.35. The third-order valence-electron chi connectivity index (χ3n) is 5.69. The molecule has 0 bridgehead atoms. The molecule has 7 nitrogen and oxygen atoms in total. The molecule has 0 aromatic carbocycles. The Balaban J connectivity index is 1.41. The van der Waals surface area contributed by atoms with Crippen LogP contribution in [0.25, 0.3) is 10.2 Å². The Kier molecular flexibility index (Phi) is 4.84. The first kappa shape index (κ1) is 18.6. The summed E-state index contributed by atoms with van der Waals surface area (Å²) in [7, 11) is -2.98. The molecule has 1 atom stereocenters. The van der Waals surface area contributed by atoms with Gasteiger partial charge in [-0.2, -0.15) is 0 Å². The largest absolute Gasteiger partial charge is 0.356 e. The Hall–Kier alpha value is -1.74. The van der Waals surface area contributed by atoms with E-state index in [9.17, 15) is 13.2 Å². The number of amides is 1. The lowest BCUT2D eigenvalue weighted by Gasteiger charge is -2.33. The predicted octanol–water partition coefficient (Wildman–Crippen LogP) is 1.83. The highest BCUT2D eigenvalue weighted by molar-refractivity contribution is 7.91. The van der Waals surface area contributed by atoms with Crippen molar-refractivity contribution in [1.29, 1.82) is 0 Å². The summed E-state index contributed by atoms with van der Waals surface area (Å²) >= 11 is 1.69. The summed E-state index contributed by atoms with van der Waals surface area (Å²) in [5.74, 6) is 1.15. The number of aryl methyl sites for hydroxylation is 2. The fourth-order valence-electron chi connectivity index (χ4n) is 3.98. The molecule has 9 heteroatoms. The fourth-order valence-corrected chi connectivity index (χ4v) is 6.65. The molecular formula is C18H24N4O3S2. The number of sulfone groups is 1. The van der Waals surface area contributed by atoms with Gasteiger partial charge in [0.05, 0.1) is 16.9 Å². The summed E-state index contributed by atoms with van der Waals surface area (Å²) in [5.41, 5.74) is 1.23. The lowest BCUT2D eigenvalue weighted by atomic mass is 9.95. The maximum atomic E-state index is 12.5. The van der Waals surface area contributed by atoms with Crippen molar-refractivity contribution in [3.05, 3.63) is 16.8 Å². The zero-order valence-corrected chi connectivity index (χ0v) is 17.2. The fraction of sp³-hybridized carbons (Fsp3) is 0.611. The highest BCUT2D eigenvalue weighted by Gasteiger charge is 2.32. The van der Waals surface area contributed by atoms with Crippen molar-refractivity contribution in [2.45, 2.75) is 39.2 Å². The minimum absolute atomic E-state index is 0.00728. The number of carbonyl (C=O) groups excluding carboxylic acids is 1. The summed E-state index contributed by atoms with van der Waals surface area (Å²) in [6, 6.07) is -0.224. The van der Waals surface area contributed by atoms with E-state index < -0.39 is 9.84 Å². The summed E-state index contributed by atoms with van der Waals surface area (Å²) in [6.07, 6.45) is 3.65. The van der Waals surface area contributed by atoms with E-state index in [2.05, 4.69) is 34.0 Å². The van der Waals surface area contributed by atoms with Gasteiger partial charge in [-0.1, -0.05) is 0 Å². The quantitative estimate of drug-likeness (QED) is 0.833. The second-order valence-corrected chi connectivity index (χ2v) is 11.0. The monoisotopic (exact) mass is 408 g/mol. The number of thiophene rings is 1. The maximum absolute atomic E-state index is 12.5. The first-order valence-corrected chi connectivity index (χ1v) is 11.9. The first-order valence-electron chi connectivity index (χ1n) is 9.30. The van der Waals surface area contributed by atoms with Gasteiger partial charge in [0.25, 0.3) is 0 Å². The van der Waals surface area contributed by atoms with Crippen molar-refractivity contribution in [2.75, 3.05) is 29.5 Å². The smallest absolute Gasteiger partial charge is 0.223 e. The number of nitrogens with one attached hydrogen (secondary N) is 1. The van der Waals surface area contributed by atoms with Crippen molar-refractivity contribution in [3.63, 3.8) is 0 Å². The number of rotatable bonds is 3. The second-order valence-electron chi connectivity index (χ2n) is 7.53. The van der Waals surface area contributed by atoms with Gasteiger partial charge in [0.2, 0.25) is 5.91 Å². The zero-order chi connectivity index (χ0) is 19.2. The van der Waals surface area contributed by atoms with E-state index in [4.69, 9.17) is 0 Å². The van der Waals surface area contributed by atoms with Crippen LogP contribution in [0.5, 0.6) is 0 Å². The number of fused-ring (bicyclic) bond motifs is 1. The molecule has 4 heterocycles. The molecule has 2 aromatic rings. The van der Waals surface area contributed by atoms with Crippen LogP contribution in [0.3, 0.4) is 0 Å². The van der Waals surface area contributed by atoms with Gasteiger partial charge in [-0.3, -0.25) is 4.79 Å². The molecule has 4 rings (SSSR count). The van der Waals surface area contributed by atoms with Gasteiger partial charge in [-0.15, -0.1) is 11.3 Å². The van der Waals surface area contributed by atoms with Crippen LogP contribution in [0.2, 0.25) is 0 Å². The van der Waals surface area contributed by atoms with Gasteiger partial charge in [0.1, 0.15) is 17.0 Å².